The largest absolute Gasteiger partial charge is 0.465 e. The zero-order chi connectivity index (χ0) is 21.6. The molecule has 0 bridgehead atoms. The molecule has 160 valence electrons. The summed E-state index contributed by atoms with van der Waals surface area (Å²) >= 11 is 6.08. The van der Waals surface area contributed by atoms with Crippen molar-refractivity contribution in [2.75, 3.05) is 38.2 Å². The first-order chi connectivity index (χ1) is 14.4. The van der Waals surface area contributed by atoms with E-state index in [1.165, 1.54) is 34.8 Å². The number of carbonyl (C=O) groups excluding carboxylic acids is 2. The van der Waals surface area contributed by atoms with E-state index in [1.54, 1.807) is 12.1 Å². The maximum Gasteiger partial charge on any atom is 0.331 e. The first kappa shape index (κ1) is 22.0. The number of esters is 1. The molecule has 1 fully saturated rings. The van der Waals surface area contributed by atoms with E-state index in [1.807, 2.05) is 0 Å². The number of anilines is 1. The van der Waals surface area contributed by atoms with Gasteiger partial charge in [0, 0.05) is 24.9 Å². The number of nitrogens with zero attached hydrogens (tertiary/aromatic N) is 1. The van der Waals surface area contributed by atoms with Gasteiger partial charge in [0.15, 0.2) is 6.61 Å². The Morgan fingerprint density at radius 2 is 2.00 bits per heavy atom. The summed E-state index contributed by atoms with van der Waals surface area (Å²) in [7, 11) is -3.84. The highest BCUT2D eigenvalue weighted by atomic mass is 35.5. The Labute approximate surface area is 178 Å². The van der Waals surface area contributed by atoms with Crippen LogP contribution in [0.3, 0.4) is 0 Å². The summed E-state index contributed by atoms with van der Waals surface area (Å²) in [6.45, 7) is 0.489. The number of hydrogen-bond donors (Lipinski definition) is 1. The molecule has 9 nitrogen and oxygen atoms in total. The maximum atomic E-state index is 12.8. The Morgan fingerprint density at radius 1 is 1.23 bits per heavy atom. The second-order valence-corrected chi connectivity index (χ2v) is 8.48. The number of morpholine rings is 1. The smallest absolute Gasteiger partial charge is 0.331 e. The third kappa shape index (κ3) is 5.70. The molecule has 0 aliphatic carbocycles. The fourth-order valence-electron chi connectivity index (χ4n) is 2.62. The van der Waals surface area contributed by atoms with Crippen LogP contribution in [0, 0.1) is 0 Å². The van der Waals surface area contributed by atoms with E-state index >= 15 is 0 Å². The molecule has 1 aromatic heterocycles. The van der Waals surface area contributed by atoms with Gasteiger partial charge >= 0.3 is 5.97 Å². The highest BCUT2D eigenvalue weighted by Crippen LogP contribution is 2.28. The van der Waals surface area contributed by atoms with E-state index in [0.29, 0.717) is 19.0 Å². The predicted octanol–water partition coefficient (Wildman–Crippen LogP) is 2.15. The van der Waals surface area contributed by atoms with Crippen LogP contribution in [-0.2, 0) is 29.1 Å². The standard InChI is InChI=1S/C19H19ClN2O7S/c20-16-5-3-14(12-17(16)30(25,26)22-7-10-27-11-8-22)21-18(23)13-29-19(24)6-4-15-2-1-9-28-15/h1-6,9,12H,7-8,10-11,13H2,(H,21,23). The number of amides is 1. The van der Waals surface area contributed by atoms with Crippen molar-refractivity contribution in [1.82, 2.24) is 4.31 Å². The number of hydrogen-bond acceptors (Lipinski definition) is 7. The molecule has 0 unspecified atom stereocenters. The van der Waals surface area contributed by atoms with Gasteiger partial charge in [-0.25, -0.2) is 13.2 Å². The van der Waals surface area contributed by atoms with Gasteiger partial charge in [-0.3, -0.25) is 4.79 Å². The molecule has 3 rings (SSSR count). The molecule has 1 aromatic carbocycles. The molecule has 2 aromatic rings. The lowest BCUT2D eigenvalue weighted by atomic mass is 10.3. The second-order valence-electron chi connectivity index (χ2n) is 6.17. The van der Waals surface area contributed by atoms with Gasteiger partial charge in [0.1, 0.15) is 10.7 Å². The molecule has 1 N–H and O–H groups in total. The van der Waals surface area contributed by atoms with Crippen molar-refractivity contribution < 1.29 is 31.9 Å². The van der Waals surface area contributed by atoms with Gasteiger partial charge in [0.2, 0.25) is 10.0 Å². The number of carbonyl (C=O) groups is 2. The fourth-order valence-corrected chi connectivity index (χ4v) is 4.53. The zero-order valence-electron chi connectivity index (χ0n) is 15.7. The predicted molar refractivity (Wildman–Crippen MR) is 108 cm³/mol. The second kappa shape index (κ2) is 9.90. The minimum Gasteiger partial charge on any atom is -0.465 e. The summed E-state index contributed by atoms with van der Waals surface area (Å²) in [5.41, 5.74) is 0.207. The quantitative estimate of drug-likeness (QED) is 0.503. The summed E-state index contributed by atoms with van der Waals surface area (Å²) in [6.07, 6.45) is 3.99. The third-order valence-corrected chi connectivity index (χ3v) is 6.46. The zero-order valence-corrected chi connectivity index (χ0v) is 17.3. The molecular formula is C19H19ClN2O7S. The van der Waals surface area contributed by atoms with Crippen molar-refractivity contribution in [3.8, 4) is 0 Å². The van der Waals surface area contributed by atoms with Crippen LogP contribution in [0.4, 0.5) is 5.69 Å². The molecule has 30 heavy (non-hydrogen) atoms. The molecule has 11 heteroatoms. The normalized spacial score (nSPS) is 15.2. The molecule has 0 atom stereocenters. The molecule has 1 aliphatic rings. The van der Waals surface area contributed by atoms with Crippen LogP contribution in [0.1, 0.15) is 5.76 Å². The molecular weight excluding hydrogens is 436 g/mol. The summed E-state index contributed by atoms with van der Waals surface area (Å²) in [4.78, 5) is 23.6. The number of furan rings is 1. The minimum absolute atomic E-state index is 0.0361. The minimum atomic E-state index is -3.84. The number of benzene rings is 1. The van der Waals surface area contributed by atoms with E-state index in [-0.39, 0.29) is 28.7 Å². The SMILES string of the molecule is O=C(COC(=O)C=Cc1ccco1)Nc1ccc(Cl)c(S(=O)(=O)N2CCOCC2)c1. The van der Waals surface area contributed by atoms with Crippen molar-refractivity contribution in [3.05, 3.63) is 53.5 Å². The van der Waals surface area contributed by atoms with Gasteiger partial charge < -0.3 is 19.2 Å². The van der Waals surface area contributed by atoms with Gasteiger partial charge in [-0.05, 0) is 36.4 Å². The van der Waals surface area contributed by atoms with E-state index in [0.717, 1.165) is 6.08 Å². The van der Waals surface area contributed by atoms with E-state index in [2.05, 4.69) is 5.32 Å². The lowest BCUT2D eigenvalue weighted by Crippen LogP contribution is -2.40. The van der Waals surface area contributed by atoms with Gasteiger partial charge in [-0.1, -0.05) is 11.6 Å². The third-order valence-electron chi connectivity index (χ3n) is 4.08. The number of nitrogens with one attached hydrogen (secondary N) is 1. The Morgan fingerprint density at radius 3 is 2.70 bits per heavy atom. The summed E-state index contributed by atoms with van der Waals surface area (Å²) in [6, 6.07) is 7.42. The van der Waals surface area contributed by atoms with Crippen molar-refractivity contribution in [1.29, 1.82) is 0 Å². The van der Waals surface area contributed by atoms with E-state index in [4.69, 9.17) is 25.5 Å². The highest BCUT2D eigenvalue weighted by Gasteiger charge is 2.28. The van der Waals surface area contributed by atoms with Crippen molar-refractivity contribution in [3.63, 3.8) is 0 Å². The summed E-state index contributed by atoms with van der Waals surface area (Å²) < 4.78 is 42.0. The molecule has 1 saturated heterocycles. The van der Waals surface area contributed by atoms with Crippen LogP contribution in [0.2, 0.25) is 5.02 Å². The van der Waals surface area contributed by atoms with Crippen LogP contribution in [0.25, 0.3) is 6.08 Å². The number of halogens is 1. The van der Waals surface area contributed by atoms with Gasteiger partial charge in [0.25, 0.3) is 5.91 Å². The molecule has 0 spiro atoms. The van der Waals surface area contributed by atoms with Crippen molar-refractivity contribution in [2.45, 2.75) is 4.90 Å². The van der Waals surface area contributed by atoms with E-state index < -0.39 is 28.5 Å². The molecule has 0 radical (unpaired) electrons. The van der Waals surface area contributed by atoms with Crippen molar-refractivity contribution >= 4 is 45.3 Å². The van der Waals surface area contributed by atoms with Crippen LogP contribution in [0.5, 0.6) is 0 Å². The number of ether oxygens (including phenoxy) is 2. The van der Waals surface area contributed by atoms with Gasteiger partial charge in [-0.2, -0.15) is 4.31 Å². The Hall–Kier alpha value is -2.66. The summed E-state index contributed by atoms with van der Waals surface area (Å²) in [5, 5.41) is 2.52. The Balaban J connectivity index is 1.60. The average Bonchev–Trinajstić information content (AvgIpc) is 3.26. The van der Waals surface area contributed by atoms with Crippen LogP contribution < -0.4 is 5.32 Å². The Kier molecular flexibility index (Phi) is 7.27. The molecule has 0 saturated carbocycles. The lowest BCUT2D eigenvalue weighted by molar-refractivity contribution is -0.142. The monoisotopic (exact) mass is 454 g/mol. The summed E-state index contributed by atoms with van der Waals surface area (Å²) in [5.74, 6) is -0.897. The van der Waals surface area contributed by atoms with Crippen LogP contribution in [-0.4, -0.2) is 57.5 Å². The maximum absolute atomic E-state index is 12.8. The number of rotatable bonds is 7. The fraction of sp³-hybridized carbons (Fsp3) is 0.263. The molecule has 2 heterocycles. The number of sulfonamides is 1. The Bertz CT molecular complexity index is 1030. The molecule has 1 aliphatic heterocycles. The lowest BCUT2D eigenvalue weighted by Gasteiger charge is -2.26. The first-order valence-corrected chi connectivity index (χ1v) is 10.7. The van der Waals surface area contributed by atoms with E-state index in [9.17, 15) is 18.0 Å². The first-order valence-electron chi connectivity index (χ1n) is 8.92. The van der Waals surface area contributed by atoms with Crippen LogP contribution >= 0.6 is 11.6 Å². The van der Waals surface area contributed by atoms with Gasteiger partial charge in [-0.15, -0.1) is 0 Å². The van der Waals surface area contributed by atoms with Crippen molar-refractivity contribution in [2.24, 2.45) is 0 Å². The molecule has 1 amide bonds. The highest BCUT2D eigenvalue weighted by molar-refractivity contribution is 7.89. The average molecular weight is 455 g/mol. The van der Waals surface area contributed by atoms with Gasteiger partial charge in [0.05, 0.1) is 24.5 Å². The van der Waals surface area contributed by atoms with Crippen LogP contribution in [0.15, 0.2) is 52.0 Å². The topological polar surface area (TPSA) is 115 Å².